The summed E-state index contributed by atoms with van der Waals surface area (Å²) in [6.45, 7) is 0. The number of nitrogens with zero attached hydrogens (tertiary/aromatic N) is 1. The van der Waals surface area contributed by atoms with E-state index in [-0.39, 0.29) is 0 Å². The summed E-state index contributed by atoms with van der Waals surface area (Å²) in [7, 11) is 4.63. The van der Waals surface area contributed by atoms with Gasteiger partial charge in [-0.15, -0.1) is 0 Å². The van der Waals surface area contributed by atoms with E-state index in [1.165, 1.54) is 21.3 Å². The molecule has 136 valence electrons. The topological polar surface area (TPSA) is 68.2 Å². The molecule has 2 rings (SSSR count). The number of benzene rings is 2. The molecule has 0 bridgehead atoms. The average molecular weight is 365 g/mol. The van der Waals surface area contributed by atoms with Crippen LogP contribution in [0, 0.1) is 0 Å². The molecule has 0 amide bonds. The summed E-state index contributed by atoms with van der Waals surface area (Å²) in [5.74, 6) is -0.395. The van der Waals surface area contributed by atoms with Crippen molar-refractivity contribution in [1.82, 2.24) is 0 Å². The summed E-state index contributed by atoms with van der Waals surface area (Å²) >= 11 is 0. The third-order valence-corrected chi connectivity index (χ3v) is 6.52. The maximum Gasteiger partial charge on any atom is 0.264 e. The van der Waals surface area contributed by atoms with E-state index in [9.17, 15) is 9.67 Å². The minimum Gasteiger partial charge on any atom is -0.497 e. The number of hydrogen-bond acceptors (Lipinski definition) is 6. The third kappa shape index (κ3) is 3.82. The number of rotatable bonds is 7. The Morgan fingerprint density at radius 3 is 2.12 bits per heavy atom. The van der Waals surface area contributed by atoms with Gasteiger partial charge in [0.15, 0.2) is 5.85 Å². The molecule has 0 aliphatic heterocycles. The van der Waals surface area contributed by atoms with Crippen LogP contribution < -0.4 is 19.7 Å². The maximum atomic E-state index is 13.4. The van der Waals surface area contributed by atoms with Gasteiger partial charge in [0.25, 0.3) is 7.37 Å². The second kappa shape index (κ2) is 7.91. The van der Waals surface area contributed by atoms with Crippen molar-refractivity contribution >= 4 is 18.4 Å². The molecule has 6 nitrogen and oxygen atoms in total. The molecule has 2 atom stereocenters. The van der Waals surface area contributed by atoms with Crippen molar-refractivity contribution < 1.29 is 23.7 Å². The molecule has 0 aromatic heterocycles. The summed E-state index contributed by atoms with van der Waals surface area (Å²) in [4.78, 5) is 1.93. The van der Waals surface area contributed by atoms with E-state index in [0.29, 0.717) is 22.4 Å². The number of aliphatic hydroxyl groups excluding tert-OH is 1. The molecule has 2 aromatic carbocycles. The van der Waals surface area contributed by atoms with Gasteiger partial charge in [-0.2, -0.15) is 0 Å². The summed E-state index contributed by atoms with van der Waals surface area (Å²) in [5, 5.41) is 11.3. The Bertz CT molecular complexity index is 761. The Hall–Kier alpha value is -2.01. The SMILES string of the molecule is COc1ccc([C@H](O)[P@](=O)(OC)c2ccc(N(C)C)cc2)c(OC)c1. The van der Waals surface area contributed by atoms with Crippen molar-refractivity contribution in [1.29, 1.82) is 0 Å². The van der Waals surface area contributed by atoms with E-state index in [1.807, 2.05) is 31.1 Å². The van der Waals surface area contributed by atoms with Crippen LogP contribution in [0.1, 0.15) is 11.4 Å². The molecule has 0 fully saturated rings. The minimum atomic E-state index is -3.56. The lowest BCUT2D eigenvalue weighted by atomic mass is 10.2. The summed E-state index contributed by atoms with van der Waals surface area (Å²) in [6.07, 6.45) is 0. The standard InChI is InChI=1S/C18H24NO5P/c1-19(2)13-6-9-15(10-7-13)25(21,24-5)18(20)16-11-8-14(22-3)12-17(16)23-4/h6-12,18,20H,1-5H3/t18-,25-/m1/s1. The van der Waals surface area contributed by atoms with E-state index in [4.69, 9.17) is 14.0 Å². The first-order chi connectivity index (χ1) is 11.9. The van der Waals surface area contributed by atoms with Crippen LogP contribution in [0.4, 0.5) is 5.69 Å². The number of methoxy groups -OCH3 is 2. The van der Waals surface area contributed by atoms with Gasteiger partial charge in [0.05, 0.1) is 14.2 Å². The van der Waals surface area contributed by atoms with Gasteiger partial charge in [-0.25, -0.2) is 0 Å². The molecule has 2 aromatic rings. The van der Waals surface area contributed by atoms with Crippen molar-refractivity contribution in [2.24, 2.45) is 0 Å². The van der Waals surface area contributed by atoms with E-state index in [0.717, 1.165) is 5.69 Å². The molecule has 0 saturated carbocycles. The van der Waals surface area contributed by atoms with Gasteiger partial charge in [0.1, 0.15) is 11.5 Å². The lowest BCUT2D eigenvalue weighted by Crippen LogP contribution is -2.15. The zero-order valence-electron chi connectivity index (χ0n) is 15.1. The van der Waals surface area contributed by atoms with E-state index >= 15 is 0 Å². The maximum absolute atomic E-state index is 13.4. The van der Waals surface area contributed by atoms with Crippen LogP contribution in [0.5, 0.6) is 11.5 Å². The number of anilines is 1. The molecular weight excluding hydrogens is 341 g/mol. The van der Waals surface area contributed by atoms with E-state index < -0.39 is 13.2 Å². The fourth-order valence-electron chi connectivity index (χ4n) is 2.52. The molecule has 25 heavy (non-hydrogen) atoms. The Morgan fingerprint density at radius 2 is 1.64 bits per heavy atom. The first-order valence-corrected chi connectivity index (χ1v) is 9.40. The largest absolute Gasteiger partial charge is 0.497 e. The number of hydrogen-bond donors (Lipinski definition) is 1. The van der Waals surface area contributed by atoms with Crippen molar-refractivity contribution in [3.8, 4) is 11.5 Å². The zero-order valence-corrected chi connectivity index (χ0v) is 16.0. The van der Waals surface area contributed by atoms with Crippen LogP contribution in [-0.2, 0) is 9.09 Å². The fourth-order valence-corrected chi connectivity index (χ4v) is 4.36. The second-order valence-corrected chi connectivity index (χ2v) is 8.24. The molecule has 0 radical (unpaired) electrons. The number of ether oxygens (including phenoxy) is 2. The van der Waals surface area contributed by atoms with Crippen LogP contribution in [0.3, 0.4) is 0 Å². The lowest BCUT2D eigenvalue weighted by Gasteiger charge is -2.24. The van der Waals surface area contributed by atoms with Gasteiger partial charge in [-0.1, -0.05) is 0 Å². The van der Waals surface area contributed by atoms with E-state index in [1.54, 1.807) is 30.3 Å². The van der Waals surface area contributed by atoms with Gasteiger partial charge in [0, 0.05) is 43.8 Å². The molecule has 7 heteroatoms. The number of aliphatic hydroxyl groups is 1. The van der Waals surface area contributed by atoms with Gasteiger partial charge < -0.3 is 24.0 Å². The van der Waals surface area contributed by atoms with Crippen molar-refractivity contribution in [3.63, 3.8) is 0 Å². The predicted molar refractivity (Wildman–Crippen MR) is 99.5 cm³/mol. The molecule has 1 N–H and O–H groups in total. The highest BCUT2D eigenvalue weighted by atomic mass is 31.2. The first-order valence-electron chi connectivity index (χ1n) is 7.70. The summed E-state index contributed by atoms with van der Waals surface area (Å²) < 4.78 is 29.2. The Labute approximate surface area is 148 Å². The molecule has 0 heterocycles. The monoisotopic (exact) mass is 365 g/mol. The molecular formula is C18H24NO5P. The minimum absolute atomic E-state index is 0.380. The normalized spacial score (nSPS) is 14.5. The molecule has 0 unspecified atom stereocenters. The molecule has 0 saturated heterocycles. The quantitative estimate of drug-likeness (QED) is 0.761. The van der Waals surface area contributed by atoms with Crippen molar-refractivity contribution in [2.45, 2.75) is 5.85 Å². The second-order valence-electron chi connectivity index (χ2n) is 5.67. The highest BCUT2D eigenvalue weighted by molar-refractivity contribution is 7.67. The van der Waals surface area contributed by atoms with Crippen LogP contribution in [0.15, 0.2) is 42.5 Å². The van der Waals surface area contributed by atoms with E-state index in [2.05, 4.69) is 0 Å². The van der Waals surface area contributed by atoms with Crippen LogP contribution in [0.25, 0.3) is 0 Å². The first kappa shape index (κ1) is 19.3. The van der Waals surface area contributed by atoms with Crippen molar-refractivity contribution in [2.75, 3.05) is 40.3 Å². The lowest BCUT2D eigenvalue weighted by molar-refractivity contribution is 0.223. The fraction of sp³-hybridized carbons (Fsp3) is 0.333. The zero-order chi connectivity index (χ0) is 18.6. The highest BCUT2D eigenvalue weighted by Gasteiger charge is 2.37. The molecule has 0 aliphatic rings. The summed E-state index contributed by atoms with van der Waals surface area (Å²) in [6, 6.07) is 12.0. The molecule has 0 spiro atoms. The van der Waals surface area contributed by atoms with Crippen LogP contribution in [0.2, 0.25) is 0 Å². The average Bonchev–Trinajstić information content (AvgIpc) is 2.66. The van der Waals surface area contributed by atoms with Crippen LogP contribution in [-0.4, -0.2) is 40.5 Å². The Kier molecular flexibility index (Phi) is 6.11. The Morgan fingerprint density at radius 1 is 1.00 bits per heavy atom. The summed E-state index contributed by atoms with van der Waals surface area (Å²) in [5.41, 5.74) is 1.34. The van der Waals surface area contributed by atoms with Gasteiger partial charge in [0.2, 0.25) is 0 Å². The Balaban J connectivity index is 2.46. The van der Waals surface area contributed by atoms with Crippen LogP contribution >= 0.6 is 7.37 Å². The third-order valence-electron chi connectivity index (χ3n) is 4.04. The van der Waals surface area contributed by atoms with Gasteiger partial charge >= 0.3 is 0 Å². The predicted octanol–water partition coefficient (Wildman–Crippen LogP) is 3.01. The highest BCUT2D eigenvalue weighted by Crippen LogP contribution is 2.58. The van der Waals surface area contributed by atoms with Gasteiger partial charge in [-0.05, 0) is 36.4 Å². The van der Waals surface area contributed by atoms with Gasteiger partial charge in [-0.3, -0.25) is 4.57 Å². The smallest absolute Gasteiger partial charge is 0.264 e. The molecule has 0 aliphatic carbocycles. The van der Waals surface area contributed by atoms with Crippen molar-refractivity contribution in [3.05, 3.63) is 48.0 Å².